The van der Waals surface area contributed by atoms with Crippen molar-refractivity contribution in [1.29, 1.82) is 0 Å². The third-order valence-electron chi connectivity index (χ3n) is 3.94. The van der Waals surface area contributed by atoms with Gasteiger partial charge in [-0.25, -0.2) is 9.18 Å². The number of hydrogen-bond donors (Lipinski definition) is 1. The molecule has 3 aromatic rings. The van der Waals surface area contributed by atoms with Gasteiger partial charge in [0.2, 0.25) is 0 Å². The normalized spacial score (nSPS) is 11.4. The van der Waals surface area contributed by atoms with Crippen LogP contribution in [0.1, 0.15) is 42.3 Å². The number of benzene rings is 2. The molecule has 0 aliphatic rings. The first-order valence-electron chi connectivity index (χ1n) is 9.28. The molecular weight excluding hydrogens is 367 g/mol. The summed E-state index contributed by atoms with van der Waals surface area (Å²) in [6.45, 7) is 5.47. The summed E-state index contributed by atoms with van der Waals surface area (Å²) in [7, 11) is 0. The summed E-state index contributed by atoms with van der Waals surface area (Å²) in [4.78, 5) is 16.8. The number of carbonyl (C=O) groups excluding carboxylic acids is 1. The monoisotopic (exact) mass is 390 g/mol. The van der Waals surface area contributed by atoms with Crippen molar-refractivity contribution in [2.75, 3.05) is 5.32 Å². The van der Waals surface area contributed by atoms with E-state index in [9.17, 15) is 9.18 Å². The van der Waals surface area contributed by atoms with Crippen LogP contribution in [0.2, 0.25) is 0 Å². The van der Waals surface area contributed by atoms with Crippen molar-refractivity contribution in [2.45, 2.75) is 26.4 Å². The highest BCUT2D eigenvalue weighted by atomic mass is 19.1. The third kappa shape index (κ3) is 6.01. The van der Waals surface area contributed by atoms with E-state index in [-0.39, 0.29) is 5.82 Å². The van der Waals surface area contributed by atoms with Gasteiger partial charge >= 0.3 is 5.97 Å². The molecule has 0 unspecified atom stereocenters. The van der Waals surface area contributed by atoms with Gasteiger partial charge in [-0.15, -0.1) is 0 Å². The van der Waals surface area contributed by atoms with Crippen LogP contribution in [0.3, 0.4) is 0 Å². The Bertz CT molecular complexity index is 1010. The molecule has 1 N–H and O–H groups in total. The molecule has 0 aliphatic heterocycles. The van der Waals surface area contributed by atoms with Crippen molar-refractivity contribution in [3.63, 3.8) is 0 Å². The van der Waals surface area contributed by atoms with Crippen molar-refractivity contribution >= 4 is 29.5 Å². The van der Waals surface area contributed by atoms with E-state index < -0.39 is 11.6 Å². The molecule has 0 radical (unpaired) electrons. The van der Waals surface area contributed by atoms with Gasteiger partial charge in [0.05, 0.1) is 11.3 Å². The number of pyridine rings is 1. The highest BCUT2D eigenvalue weighted by molar-refractivity contribution is 5.97. The van der Waals surface area contributed by atoms with Gasteiger partial charge in [0.15, 0.2) is 0 Å². The quantitative estimate of drug-likeness (QED) is 0.536. The van der Waals surface area contributed by atoms with Gasteiger partial charge in [-0.2, -0.15) is 0 Å². The number of anilines is 2. The van der Waals surface area contributed by atoms with E-state index >= 15 is 0 Å². The van der Waals surface area contributed by atoms with Crippen LogP contribution in [0, 0.1) is 5.82 Å². The summed E-state index contributed by atoms with van der Waals surface area (Å²) in [5, 5.41) is 3.19. The SMILES string of the molecule is CC(C)(C)OC(=O)c1ccc(/C=C/c2cccnc2)cc1Nc1ccc(F)cc1. The number of rotatable bonds is 5. The second-order valence-electron chi connectivity index (χ2n) is 7.56. The van der Waals surface area contributed by atoms with Crippen LogP contribution in [-0.4, -0.2) is 16.6 Å². The molecule has 0 saturated carbocycles. The Labute approximate surface area is 170 Å². The Balaban J connectivity index is 1.93. The largest absolute Gasteiger partial charge is 0.456 e. The van der Waals surface area contributed by atoms with E-state index in [4.69, 9.17) is 4.74 Å². The number of carbonyl (C=O) groups is 1. The standard InChI is InChI=1S/C24H23FN2O2/c1-24(2,3)29-23(28)21-13-8-17(6-7-18-5-4-14-26-16-18)15-22(21)27-20-11-9-19(25)10-12-20/h4-16,27H,1-3H3/b7-6+. The maximum atomic E-state index is 13.2. The molecule has 2 aromatic carbocycles. The van der Waals surface area contributed by atoms with Crippen LogP contribution >= 0.6 is 0 Å². The number of nitrogens with one attached hydrogen (secondary N) is 1. The lowest BCUT2D eigenvalue weighted by Gasteiger charge is -2.21. The summed E-state index contributed by atoms with van der Waals surface area (Å²) < 4.78 is 18.8. The first kappa shape index (κ1) is 20.3. The Morgan fingerprint density at radius 1 is 1.03 bits per heavy atom. The van der Waals surface area contributed by atoms with E-state index in [1.165, 1.54) is 12.1 Å². The van der Waals surface area contributed by atoms with Gasteiger partial charge in [0.1, 0.15) is 11.4 Å². The number of halogens is 1. The van der Waals surface area contributed by atoms with E-state index in [2.05, 4.69) is 10.3 Å². The second-order valence-corrected chi connectivity index (χ2v) is 7.56. The lowest BCUT2D eigenvalue weighted by molar-refractivity contribution is 0.00707. The predicted molar refractivity (Wildman–Crippen MR) is 114 cm³/mol. The van der Waals surface area contributed by atoms with Gasteiger partial charge in [-0.3, -0.25) is 4.98 Å². The van der Waals surface area contributed by atoms with Crippen LogP contribution in [0.25, 0.3) is 12.2 Å². The molecule has 0 spiro atoms. The highest BCUT2D eigenvalue weighted by Crippen LogP contribution is 2.26. The van der Waals surface area contributed by atoms with Crippen molar-refractivity contribution in [1.82, 2.24) is 4.98 Å². The molecule has 0 saturated heterocycles. The molecule has 4 nitrogen and oxygen atoms in total. The number of ether oxygens (including phenoxy) is 1. The number of hydrogen-bond acceptors (Lipinski definition) is 4. The summed E-state index contributed by atoms with van der Waals surface area (Å²) in [5.41, 5.74) is 2.91. The maximum Gasteiger partial charge on any atom is 0.340 e. The first-order chi connectivity index (χ1) is 13.8. The van der Waals surface area contributed by atoms with Crippen LogP contribution in [0.15, 0.2) is 67.0 Å². The molecule has 5 heteroatoms. The van der Waals surface area contributed by atoms with Crippen molar-refractivity contribution in [3.05, 3.63) is 89.5 Å². The minimum absolute atomic E-state index is 0.323. The van der Waals surface area contributed by atoms with Crippen molar-refractivity contribution in [3.8, 4) is 0 Å². The number of nitrogens with zero attached hydrogens (tertiary/aromatic N) is 1. The molecule has 0 fully saturated rings. The van der Waals surface area contributed by atoms with Gasteiger partial charge in [0, 0.05) is 18.1 Å². The zero-order valence-corrected chi connectivity index (χ0v) is 16.6. The Morgan fingerprint density at radius 3 is 2.41 bits per heavy atom. The molecule has 1 aromatic heterocycles. The molecule has 148 valence electrons. The van der Waals surface area contributed by atoms with E-state index in [0.29, 0.717) is 16.9 Å². The first-order valence-corrected chi connectivity index (χ1v) is 9.28. The summed E-state index contributed by atoms with van der Waals surface area (Å²) in [5.74, 6) is -0.749. The van der Waals surface area contributed by atoms with Gasteiger partial charge in [-0.1, -0.05) is 24.3 Å². The number of aromatic nitrogens is 1. The lowest BCUT2D eigenvalue weighted by Crippen LogP contribution is -2.24. The van der Waals surface area contributed by atoms with Crippen molar-refractivity contribution in [2.24, 2.45) is 0 Å². The molecule has 0 aliphatic carbocycles. The number of esters is 1. The Kier molecular flexibility index (Phi) is 6.07. The molecule has 0 amide bonds. The zero-order valence-electron chi connectivity index (χ0n) is 16.6. The van der Waals surface area contributed by atoms with Gasteiger partial charge in [0.25, 0.3) is 0 Å². The van der Waals surface area contributed by atoms with Gasteiger partial charge < -0.3 is 10.1 Å². The average Bonchev–Trinajstić information content (AvgIpc) is 2.68. The molecular formula is C24H23FN2O2. The zero-order chi connectivity index (χ0) is 20.9. The predicted octanol–water partition coefficient (Wildman–Crippen LogP) is 6.09. The third-order valence-corrected chi connectivity index (χ3v) is 3.94. The van der Waals surface area contributed by atoms with E-state index in [0.717, 1.165) is 11.1 Å². The fraction of sp³-hybridized carbons (Fsp3) is 0.167. The molecule has 0 bridgehead atoms. The van der Waals surface area contributed by atoms with Gasteiger partial charge in [-0.05, 0) is 74.4 Å². The van der Waals surface area contributed by atoms with E-state index in [1.807, 2.05) is 57.2 Å². The van der Waals surface area contributed by atoms with Crippen LogP contribution < -0.4 is 5.32 Å². The highest BCUT2D eigenvalue weighted by Gasteiger charge is 2.20. The summed E-state index contributed by atoms with van der Waals surface area (Å²) in [6.07, 6.45) is 7.36. The smallest absolute Gasteiger partial charge is 0.340 e. The fourth-order valence-corrected chi connectivity index (χ4v) is 2.64. The maximum absolute atomic E-state index is 13.2. The lowest BCUT2D eigenvalue weighted by atomic mass is 10.1. The molecule has 3 rings (SSSR count). The molecule has 1 heterocycles. The minimum atomic E-state index is -0.608. The van der Waals surface area contributed by atoms with Crippen LogP contribution in [0.4, 0.5) is 15.8 Å². The Morgan fingerprint density at radius 2 is 1.76 bits per heavy atom. The van der Waals surface area contributed by atoms with Crippen molar-refractivity contribution < 1.29 is 13.9 Å². The average molecular weight is 390 g/mol. The minimum Gasteiger partial charge on any atom is -0.456 e. The summed E-state index contributed by atoms with van der Waals surface area (Å²) >= 11 is 0. The van der Waals surface area contributed by atoms with E-state index in [1.54, 1.807) is 30.6 Å². The van der Waals surface area contributed by atoms with Crippen LogP contribution in [0.5, 0.6) is 0 Å². The van der Waals surface area contributed by atoms with Crippen LogP contribution in [-0.2, 0) is 4.74 Å². The second kappa shape index (κ2) is 8.69. The molecule has 29 heavy (non-hydrogen) atoms. The fourth-order valence-electron chi connectivity index (χ4n) is 2.64. The summed E-state index contributed by atoms with van der Waals surface area (Å²) in [6, 6.07) is 15.2. The topological polar surface area (TPSA) is 51.2 Å². The molecule has 0 atom stereocenters. The Hall–Kier alpha value is -3.47.